The molecule has 0 amide bonds. The van der Waals surface area contributed by atoms with E-state index in [4.69, 9.17) is 9.78 Å². The first-order chi connectivity index (χ1) is 9.83. The molecular formula is C13H13N5OS. The first-order valence-corrected chi connectivity index (χ1v) is 7.45. The van der Waals surface area contributed by atoms with Gasteiger partial charge in [-0.15, -0.1) is 11.3 Å². The third-order valence-corrected chi connectivity index (χ3v) is 4.92. The second-order valence-corrected chi connectivity index (χ2v) is 6.17. The van der Waals surface area contributed by atoms with E-state index in [1.54, 1.807) is 6.07 Å². The van der Waals surface area contributed by atoms with Crippen LogP contribution in [-0.2, 0) is 0 Å². The number of rotatable bonds is 2. The molecule has 5 rings (SSSR count). The average molecular weight is 287 g/mol. The molecule has 0 spiro atoms. The number of piperazine rings is 3. The average Bonchev–Trinajstić information content (AvgIpc) is 3.17. The van der Waals surface area contributed by atoms with Crippen LogP contribution in [0.3, 0.4) is 0 Å². The molecular weight excluding hydrogens is 274 g/mol. The summed E-state index contributed by atoms with van der Waals surface area (Å²) < 4.78 is 5.36. The summed E-state index contributed by atoms with van der Waals surface area (Å²) in [4.78, 5) is 10.9. The van der Waals surface area contributed by atoms with Crippen molar-refractivity contribution in [1.29, 1.82) is 5.26 Å². The molecule has 3 fully saturated rings. The van der Waals surface area contributed by atoms with Crippen LogP contribution in [0.2, 0.25) is 0 Å². The van der Waals surface area contributed by atoms with E-state index in [0.717, 1.165) is 43.4 Å². The van der Waals surface area contributed by atoms with Crippen molar-refractivity contribution in [2.75, 3.05) is 32.7 Å². The van der Waals surface area contributed by atoms with E-state index in [0.29, 0.717) is 10.8 Å². The van der Waals surface area contributed by atoms with Crippen LogP contribution in [0.1, 0.15) is 16.7 Å². The molecule has 0 aromatic carbocycles. The second kappa shape index (κ2) is 4.66. The minimum absolute atomic E-state index is 0.241. The van der Waals surface area contributed by atoms with E-state index in [1.807, 2.05) is 6.07 Å². The van der Waals surface area contributed by atoms with Crippen LogP contribution in [0.5, 0.6) is 0 Å². The highest BCUT2D eigenvalue weighted by Gasteiger charge is 2.35. The molecule has 6 nitrogen and oxygen atoms in total. The first-order valence-electron chi connectivity index (χ1n) is 6.64. The third kappa shape index (κ3) is 1.93. The van der Waals surface area contributed by atoms with Crippen LogP contribution in [0.4, 0.5) is 0 Å². The molecule has 20 heavy (non-hydrogen) atoms. The van der Waals surface area contributed by atoms with Crippen molar-refractivity contribution in [1.82, 2.24) is 19.9 Å². The number of thiophene rings is 1. The minimum Gasteiger partial charge on any atom is -0.333 e. The summed E-state index contributed by atoms with van der Waals surface area (Å²) in [6, 6.07) is 6.00. The van der Waals surface area contributed by atoms with Gasteiger partial charge in [0.05, 0.1) is 10.9 Å². The molecule has 3 aliphatic rings. The summed E-state index contributed by atoms with van der Waals surface area (Å²) in [6.07, 6.45) is 0. The van der Waals surface area contributed by atoms with Crippen molar-refractivity contribution in [3.05, 3.63) is 22.8 Å². The predicted molar refractivity (Wildman–Crippen MR) is 73.1 cm³/mol. The lowest BCUT2D eigenvalue weighted by Gasteiger charge is -2.46. The second-order valence-electron chi connectivity index (χ2n) is 5.09. The topological polar surface area (TPSA) is 69.2 Å². The molecule has 7 heteroatoms. The summed E-state index contributed by atoms with van der Waals surface area (Å²) in [7, 11) is 0. The van der Waals surface area contributed by atoms with Gasteiger partial charge in [-0.2, -0.15) is 10.2 Å². The summed E-state index contributed by atoms with van der Waals surface area (Å²) in [5, 5.41) is 13.0. The lowest BCUT2D eigenvalue weighted by Crippen LogP contribution is -2.57. The molecule has 0 N–H and O–H groups in total. The van der Waals surface area contributed by atoms with Gasteiger partial charge in [0.15, 0.2) is 5.82 Å². The summed E-state index contributed by atoms with van der Waals surface area (Å²) in [6.45, 7) is 5.40. The van der Waals surface area contributed by atoms with Crippen molar-refractivity contribution in [3.8, 4) is 16.8 Å². The fraction of sp³-hybridized carbons (Fsp3) is 0.462. The molecule has 3 saturated heterocycles. The number of fused-ring (bicyclic) bond motifs is 3. The van der Waals surface area contributed by atoms with Crippen LogP contribution < -0.4 is 0 Å². The fourth-order valence-corrected chi connectivity index (χ4v) is 3.57. The number of nitrogens with zero attached hydrogens (tertiary/aromatic N) is 5. The Morgan fingerprint density at radius 3 is 2.80 bits per heavy atom. The van der Waals surface area contributed by atoms with Gasteiger partial charge in [-0.1, -0.05) is 5.16 Å². The van der Waals surface area contributed by atoms with Gasteiger partial charge >= 0.3 is 0 Å². The summed E-state index contributed by atoms with van der Waals surface area (Å²) in [5.41, 5.74) is 0. The molecule has 3 aliphatic heterocycles. The maximum Gasteiger partial charge on any atom is 0.268 e. The van der Waals surface area contributed by atoms with Gasteiger partial charge in [-0.25, -0.2) is 0 Å². The van der Waals surface area contributed by atoms with Crippen LogP contribution in [0, 0.1) is 11.3 Å². The van der Waals surface area contributed by atoms with E-state index in [1.165, 1.54) is 11.3 Å². The maximum absolute atomic E-state index is 8.86. The van der Waals surface area contributed by atoms with E-state index < -0.39 is 0 Å². The Morgan fingerprint density at radius 2 is 2.15 bits per heavy atom. The summed E-state index contributed by atoms with van der Waals surface area (Å²) in [5.74, 6) is 1.28. The molecule has 2 aromatic heterocycles. The van der Waals surface area contributed by atoms with Crippen molar-refractivity contribution < 1.29 is 4.52 Å². The molecule has 0 aliphatic carbocycles. The van der Waals surface area contributed by atoms with Crippen molar-refractivity contribution >= 4 is 11.3 Å². The van der Waals surface area contributed by atoms with E-state index in [9.17, 15) is 0 Å². The maximum atomic E-state index is 8.86. The zero-order valence-corrected chi connectivity index (χ0v) is 11.6. The Labute approximate surface area is 120 Å². The lowest BCUT2D eigenvalue weighted by atomic mass is 10.1. The van der Waals surface area contributed by atoms with Crippen LogP contribution in [-0.4, -0.2) is 52.7 Å². The van der Waals surface area contributed by atoms with Crippen LogP contribution >= 0.6 is 11.3 Å². The van der Waals surface area contributed by atoms with Crippen molar-refractivity contribution in [2.24, 2.45) is 0 Å². The Kier molecular flexibility index (Phi) is 2.80. The van der Waals surface area contributed by atoms with Gasteiger partial charge in [0.2, 0.25) is 0 Å². The standard InChI is InChI=1S/C13H13N5OS/c14-7-9-1-2-11(20-9)13-15-12(16-19-13)10-8-17-3-5-18(10)6-4-17/h1-2,10H,3-6,8H2. The number of nitriles is 1. The van der Waals surface area contributed by atoms with Crippen molar-refractivity contribution in [2.45, 2.75) is 6.04 Å². The molecule has 2 bridgehead atoms. The number of aromatic nitrogens is 2. The third-order valence-electron chi connectivity index (χ3n) is 3.95. The highest BCUT2D eigenvalue weighted by Crippen LogP contribution is 2.30. The van der Waals surface area contributed by atoms with Gasteiger partial charge in [0.25, 0.3) is 5.89 Å². The monoisotopic (exact) mass is 287 g/mol. The molecule has 1 unspecified atom stereocenters. The predicted octanol–water partition coefficient (Wildman–Crippen LogP) is 1.34. The van der Waals surface area contributed by atoms with Gasteiger partial charge in [-0.05, 0) is 12.1 Å². The molecule has 2 aromatic rings. The smallest absolute Gasteiger partial charge is 0.268 e. The number of hydrogen-bond acceptors (Lipinski definition) is 7. The number of hydrogen-bond donors (Lipinski definition) is 0. The zero-order chi connectivity index (χ0) is 13.5. The van der Waals surface area contributed by atoms with Crippen molar-refractivity contribution in [3.63, 3.8) is 0 Å². The molecule has 102 valence electrons. The van der Waals surface area contributed by atoms with E-state index in [2.05, 4.69) is 26.0 Å². The molecule has 0 saturated carbocycles. The highest BCUT2D eigenvalue weighted by molar-refractivity contribution is 7.15. The van der Waals surface area contributed by atoms with E-state index in [-0.39, 0.29) is 6.04 Å². The van der Waals surface area contributed by atoms with E-state index >= 15 is 0 Å². The SMILES string of the molecule is N#Cc1ccc(-c2nc(C3CN4CCN3CC4)no2)s1. The fourth-order valence-electron chi connectivity index (χ4n) is 2.85. The molecule has 5 heterocycles. The molecule has 1 atom stereocenters. The Hall–Kier alpha value is -1.75. The quantitative estimate of drug-likeness (QED) is 0.830. The zero-order valence-electron chi connectivity index (χ0n) is 10.8. The molecule has 0 radical (unpaired) electrons. The Bertz CT molecular complexity index is 664. The van der Waals surface area contributed by atoms with Gasteiger partial charge < -0.3 is 4.52 Å². The van der Waals surface area contributed by atoms with Crippen LogP contribution in [0.25, 0.3) is 10.8 Å². The lowest BCUT2D eigenvalue weighted by molar-refractivity contribution is 0.00781. The Morgan fingerprint density at radius 1 is 1.30 bits per heavy atom. The Balaban J connectivity index is 1.60. The summed E-state index contributed by atoms with van der Waals surface area (Å²) >= 11 is 1.38. The van der Waals surface area contributed by atoms with Gasteiger partial charge in [-0.3, -0.25) is 9.80 Å². The largest absolute Gasteiger partial charge is 0.333 e. The highest BCUT2D eigenvalue weighted by atomic mass is 32.1. The normalized spacial score (nSPS) is 28.4. The minimum atomic E-state index is 0.241. The van der Waals surface area contributed by atoms with Gasteiger partial charge in [0, 0.05) is 32.7 Å². The van der Waals surface area contributed by atoms with Gasteiger partial charge in [0.1, 0.15) is 10.9 Å². The van der Waals surface area contributed by atoms with Crippen LogP contribution in [0.15, 0.2) is 16.7 Å². The first kappa shape index (κ1) is 12.0.